The molecule has 1 amide bonds. The van der Waals surface area contributed by atoms with Gasteiger partial charge in [0.2, 0.25) is 5.91 Å². The maximum atomic E-state index is 12.3. The van der Waals surface area contributed by atoms with Crippen molar-refractivity contribution in [1.82, 2.24) is 4.90 Å². The Labute approximate surface area is 150 Å². The number of likely N-dealkylation sites (N-methyl/N-ethyl adjacent to an activating group) is 1. The van der Waals surface area contributed by atoms with Gasteiger partial charge in [0.1, 0.15) is 0 Å². The Morgan fingerprint density at radius 1 is 1.00 bits per heavy atom. The molecule has 1 saturated heterocycles. The number of carbonyl (C=O) groups excluding carboxylic acids is 1. The molecule has 0 atom stereocenters. The average molecular weight is 337 g/mol. The number of benzene rings is 2. The Bertz CT molecular complexity index is 731. The summed E-state index contributed by atoms with van der Waals surface area (Å²) >= 11 is 0. The SMILES string of the molecule is Cc1ccc(CC(=O)Nc2ccc(N3CCN(C)CC3)cc2)c(C)c1. The van der Waals surface area contributed by atoms with Crippen LogP contribution in [-0.2, 0) is 11.2 Å². The lowest BCUT2D eigenvalue weighted by atomic mass is 10.0. The van der Waals surface area contributed by atoms with Gasteiger partial charge in [-0.2, -0.15) is 0 Å². The van der Waals surface area contributed by atoms with E-state index in [4.69, 9.17) is 0 Å². The van der Waals surface area contributed by atoms with E-state index in [9.17, 15) is 4.79 Å². The van der Waals surface area contributed by atoms with Crippen LogP contribution in [0.25, 0.3) is 0 Å². The zero-order chi connectivity index (χ0) is 17.8. The minimum Gasteiger partial charge on any atom is -0.369 e. The molecule has 2 aromatic rings. The van der Waals surface area contributed by atoms with Gasteiger partial charge in [0.25, 0.3) is 0 Å². The Morgan fingerprint density at radius 2 is 1.68 bits per heavy atom. The van der Waals surface area contributed by atoms with Crippen LogP contribution in [0.2, 0.25) is 0 Å². The van der Waals surface area contributed by atoms with E-state index in [0.717, 1.165) is 37.4 Å². The molecule has 0 bridgehead atoms. The number of piperazine rings is 1. The Hall–Kier alpha value is -2.33. The first kappa shape index (κ1) is 17.5. The second kappa shape index (κ2) is 7.70. The predicted octanol–water partition coefficient (Wildman–Crippen LogP) is 3.24. The van der Waals surface area contributed by atoms with Crippen molar-refractivity contribution >= 4 is 17.3 Å². The van der Waals surface area contributed by atoms with Crippen LogP contribution in [0.15, 0.2) is 42.5 Å². The van der Waals surface area contributed by atoms with Crippen LogP contribution in [0.4, 0.5) is 11.4 Å². The van der Waals surface area contributed by atoms with E-state index in [1.54, 1.807) is 0 Å². The van der Waals surface area contributed by atoms with E-state index in [1.165, 1.54) is 16.8 Å². The molecular weight excluding hydrogens is 310 g/mol. The van der Waals surface area contributed by atoms with Crippen LogP contribution in [-0.4, -0.2) is 44.0 Å². The number of amides is 1. The van der Waals surface area contributed by atoms with Crippen molar-refractivity contribution in [3.05, 3.63) is 59.2 Å². The topological polar surface area (TPSA) is 35.6 Å². The molecule has 3 rings (SSSR count). The van der Waals surface area contributed by atoms with E-state index in [2.05, 4.69) is 60.3 Å². The standard InChI is InChI=1S/C21H27N3O/c1-16-4-5-18(17(2)14-16)15-21(25)22-19-6-8-20(9-7-19)24-12-10-23(3)11-13-24/h4-9,14H,10-13,15H2,1-3H3,(H,22,25). The molecule has 1 heterocycles. The lowest BCUT2D eigenvalue weighted by Gasteiger charge is -2.34. The quantitative estimate of drug-likeness (QED) is 0.930. The summed E-state index contributed by atoms with van der Waals surface area (Å²) in [4.78, 5) is 17.1. The lowest BCUT2D eigenvalue weighted by Crippen LogP contribution is -2.44. The lowest BCUT2D eigenvalue weighted by molar-refractivity contribution is -0.115. The summed E-state index contributed by atoms with van der Waals surface area (Å²) in [6.45, 7) is 8.41. The molecular formula is C21H27N3O. The van der Waals surface area contributed by atoms with Crippen molar-refractivity contribution in [3.8, 4) is 0 Å². The fourth-order valence-electron chi connectivity index (χ4n) is 3.24. The van der Waals surface area contributed by atoms with Crippen LogP contribution in [0.1, 0.15) is 16.7 Å². The molecule has 4 heteroatoms. The highest BCUT2D eigenvalue weighted by molar-refractivity contribution is 5.92. The Morgan fingerprint density at radius 3 is 2.32 bits per heavy atom. The van der Waals surface area contributed by atoms with Gasteiger partial charge in [-0.15, -0.1) is 0 Å². The van der Waals surface area contributed by atoms with Crippen LogP contribution in [0.3, 0.4) is 0 Å². The molecule has 0 radical (unpaired) electrons. The van der Waals surface area contributed by atoms with E-state index in [1.807, 2.05) is 18.2 Å². The molecule has 1 aliphatic heterocycles. The normalized spacial score (nSPS) is 15.2. The summed E-state index contributed by atoms with van der Waals surface area (Å²) in [5.74, 6) is 0.0271. The molecule has 2 aromatic carbocycles. The zero-order valence-corrected chi connectivity index (χ0v) is 15.4. The number of hydrogen-bond donors (Lipinski definition) is 1. The van der Waals surface area contributed by atoms with Crippen molar-refractivity contribution in [1.29, 1.82) is 0 Å². The van der Waals surface area contributed by atoms with Crippen molar-refractivity contribution in [3.63, 3.8) is 0 Å². The van der Waals surface area contributed by atoms with Crippen LogP contribution in [0.5, 0.6) is 0 Å². The van der Waals surface area contributed by atoms with Crippen molar-refractivity contribution in [2.75, 3.05) is 43.4 Å². The van der Waals surface area contributed by atoms with Gasteiger partial charge in [-0.1, -0.05) is 23.8 Å². The van der Waals surface area contributed by atoms with Gasteiger partial charge in [0.05, 0.1) is 6.42 Å². The largest absolute Gasteiger partial charge is 0.369 e. The van der Waals surface area contributed by atoms with Gasteiger partial charge in [-0.25, -0.2) is 0 Å². The summed E-state index contributed by atoms with van der Waals surface area (Å²) in [6.07, 6.45) is 0.409. The number of nitrogens with zero attached hydrogens (tertiary/aromatic N) is 2. The summed E-state index contributed by atoms with van der Waals surface area (Å²) in [6, 6.07) is 14.4. The molecule has 0 aromatic heterocycles. The minimum absolute atomic E-state index is 0.0271. The van der Waals surface area contributed by atoms with E-state index >= 15 is 0 Å². The zero-order valence-electron chi connectivity index (χ0n) is 15.4. The van der Waals surface area contributed by atoms with E-state index in [0.29, 0.717) is 6.42 Å². The van der Waals surface area contributed by atoms with Gasteiger partial charge in [0, 0.05) is 37.6 Å². The Balaban J connectivity index is 1.58. The second-order valence-electron chi connectivity index (χ2n) is 6.99. The van der Waals surface area contributed by atoms with Gasteiger partial charge < -0.3 is 15.1 Å². The maximum Gasteiger partial charge on any atom is 0.228 e. The molecule has 1 aliphatic rings. The van der Waals surface area contributed by atoms with Gasteiger partial charge >= 0.3 is 0 Å². The second-order valence-corrected chi connectivity index (χ2v) is 6.99. The summed E-state index contributed by atoms with van der Waals surface area (Å²) in [5, 5.41) is 3.00. The third-order valence-corrected chi connectivity index (χ3v) is 4.87. The molecule has 132 valence electrons. The van der Waals surface area contributed by atoms with E-state index in [-0.39, 0.29) is 5.91 Å². The number of aryl methyl sites for hydroxylation is 2. The third kappa shape index (κ3) is 4.60. The Kier molecular flexibility index (Phi) is 5.39. The molecule has 0 spiro atoms. The smallest absolute Gasteiger partial charge is 0.228 e. The van der Waals surface area contributed by atoms with Crippen LogP contribution < -0.4 is 10.2 Å². The number of rotatable bonds is 4. The fourth-order valence-corrected chi connectivity index (χ4v) is 3.24. The first-order valence-corrected chi connectivity index (χ1v) is 8.91. The van der Waals surface area contributed by atoms with Crippen molar-refractivity contribution in [2.45, 2.75) is 20.3 Å². The monoisotopic (exact) mass is 337 g/mol. The number of anilines is 2. The van der Waals surface area contributed by atoms with Crippen LogP contribution in [0, 0.1) is 13.8 Å². The summed E-state index contributed by atoms with van der Waals surface area (Å²) < 4.78 is 0. The van der Waals surface area contributed by atoms with E-state index < -0.39 is 0 Å². The average Bonchev–Trinajstić information content (AvgIpc) is 2.59. The highest BCUT2D eigenvalue weighted by Gasteiger charge is 2.14. The molecule has 0 unspecified atom stereocenters. The van der Waals surface area contributed by atoms with Gasteiger partial charge in [-0.3, -0.25) is 4.79 Å². The molecule has 1 N–H and O–H groups in total. The summed E-state index contributed by atoms with van der Waals surface area (Å²) in [7, 11) is 2.16. The van der Waals surface area contributed by atoms with Crippen molar-refractivity contribution < 1.29 is 4.79 Å². The number of nitrogens with one attached hydrogen (secondary N) is 1. The highest BCUT2D eigenvalue weighted by Crippen LogP contribution is 2.20. The first-order valence-electron chi connectivity index (χ1n) is 8.91. The minimum atomic E-state index is 0.0271. The maximum absolute atomic E-state index is 12.3. The molecule has 0 saturated carbocycles. The summed E-state index contributed by atoms with van der Waals surface area (Å²) in [5.41, 5.74) is 5.55. The highest BCUT2D eigenvalue weighted by atomic mass is 16.1. The number of hydrogen-bond acceptors (Lipinski definition) is 3. The fraction of sp³-hybridized carbons (Fsp3) is 0.381. The molecule has 4 nitrogen and oxygen atoms in total. The first-order chi connectivity index (χ1) is 12.0. The van der Waals surface area contributed by atoms with Gasteiger partial charge in [-0.05, 0) is 56.3 Å². The third-order valence-electron chi connectivity index (χ3n) is 4.87. The van der Waals surface area contributed by atoms with Gasteiger partial charge in [0.15, 0.2) is 0 Å². The predicted molar refractivity (Wildman–Crippen MR) is 104 cm³/mol. The van der Waals surface area contributed by atoms with Crippen molar-refractivity contribution in [2.24, 2.45) is 0 Å². The number of carbonyl (C=O) groups is 1. The van der Waals surface area contributed by atoms with Crippen LogP contribution >= 0.6 is 0 Å². The molecule has 0 aliphatic carbocycles. The molecule has 25 heavy (non-hydrogen) atoms. The molecule has 1 fully saturated rings.